The van der Waals surface area contributed by atoms with Crippen LogP contribution < -0.4 is 0 Å². The summed E-state index contributed by atoms with van der Waals surface area (Å²) < 4.78 is 40.5. The fourth-order valence-electron chi connectivity index (χ4n) is 4.15. The third-order valence-corrected chi connectivity index (χ3v) is 6.17. The van der Waals surface area contributed by atoms with Crippen LogP contribution in [0.2, 0.25) is 0 Å². The van der Waals surface area contributed by atoms with E-state index in [1.165, 1.54) is 0 Å². The van der Waals surface area contributed by atoms with Gasteiger partial charge in [0.25, 0.3) is 10.1 Å². The van der Waals surface area contributed by atoms with Crippen molar-refractivity contribution in [3.63, 3.8) is 0 Å². The molecule has 0 aliphatic carbocycles. The molecule has 0 radical (unpaired) electrons. The van der Waals surface area contributed by atoms with Gasteiger partial charge in [-0.05, 0) is 16.7 Å². The Morgan fingerprint density at radius 1 is 0.818 bits per heavy atom. The van der Waals surface area contributed by atoms with Gasteiger partial charge in [0.2, 0.25) is 0 Å². The molecule has 1 unspecified atom stereocenters. The van der Waals surface area contributed by atoms with Crippen LogP contribution >= 0.6 is 0 Å². The van der Waals surface area contributed by atoms with Crippen molar-refractivity contribution in [1.82, 2.24) is 0 Å². The zero-order valence-corrected chi connectivity index (χ0v) is 18.8. The van der Waals surface area contributed by atoms with Gasteiger partial charge in [0, 0.05) is 0 Å². The predicted octanol–water partition coefficient (Wildman–Crippen LogP) is 2.42. The number of benzene rings is 3. The molecule has 0 bridgehead atoms. The number of aliphatic hydroxyl groups excluding tert-OH is 2. The maximum absolute atomic E-state index is 11.7. The van der Waals surface area contributed by atoms with Gasteiger partial charge in [0.05, 0.1) is 12.9 Å². The minimum atomic E-state index is -3.91. The number of hydrogen-bond acceptors (Lipinski definition) is 7. The standard InChI is InChI=1S/C25H26O7S/c1-33(28,29)32-23-21(31-24(27)22(23)26)17-30-25(18-11-5-2-6-12-18,19-13-7-3-8-14-19)20-15-9-4-10-16-20/h2-16,21-24,26-27H,17H2,1H3/t21-,22-,23-,24?/m1/s1. The normalized spacial score (nSPS) is 23.5. The van der Waals surface area contributed by atoms with E-state index in [0.717, 1.165) is 22.9 Å². The summed E-state index contributed by atoms with van der Waals surface area (Å²) >= 11 is 0. The van der Waals surface area contributed by atoms with E-state index in [1.807, 2.05) is 91.0 Å². The van der Waals surface area contributed by atoms with Crippen molar-refractivity contribution in [1.29, 1.82) is 0 Å². The summed E-state index contributed by atoms with van der Waals surface area (Å²) in [7, 11) is -3.91. The summed E-state index contributed by atoms with van der Waals surface area (Å²) in [4.78, 5) is 0. The third-order valence-electron chi connectivity index (χ3n) is 5.60. The Balaban J connectivity index is 1.78. The first-order valence-corrected chi connectivity index (χ1v) is 12.3. The second-order valence-corrected chi connectivity index (χ2v) is 9.51. The van der Waals surface area contributed by atoms with E-state index in [-0.39, 0.29) is 6.61 Å². The zero-order chi connectivity index (χ0) is 23.5. The predicted molar refractivity (Wildman–Crippen MR) is 122 cm³/mol. The largest absolute Gasteiger partial charge is 0.385 e. The van der Waals surface area contributed by atoms with Gasteiger partial charge in [-0.3, -0.25) is 4.18 Å². The van der Waals surface area contributed by atoms with E-state index in [9.17, 15) is 18.6 Å². The molecule has 8 heteroatoms. The molecule has 3 aromatic carbocycles. The van der Waals surface area contributed by atoms with E-state index in [2.05, 4.69) is 0 Å². The van der Waals surface area contributed by atoms with Crippen molar-refractivity contribution < 1.29 is 32.3 Å². The van der Waals surface area contributed by atoms with Crippen LogP contribution in [0.1, 0.15) is 16.7 Å². The molecular weight excluding hydrogens is 444 g/mol. The molecule has 33 heavy (non-hydrogen) atoms. The Morgan fingerprint density at radius 3 is 1.64 bits per heavy atom. The molecule has 1 aliphatic rings. The van der Waals surface area contributed by atoms with Gasteiger partial charge in [-0.1, -0.05) is 91.0 Å². The highest BCUT2D eigenvalue weighted by molar-refractivity contribution is 7.86. The highest BCUT2D eigenvalue weighted by Crippen LogP contribution is 2.41. The average Bonchev–Trinajstić information content (AvgIpc) is 3.08. The molecule has 0 saturated carbocycles. The van der Waals surface area contributed by atoms with Crippen molar-refractivity contribution >= 4 is 10.1 Å². The van der Waals surface area contributed by atoms with Gasteiger partial charge in [-0.15, -0.1) is 0 Å². The molecule has 4 atom stereocenters. The minimum Gasteiger partial charge on any atom is -0.385 e. The fraction of sp³-hybridized carbons (Fsp3) is 0.280. The second kappa shape index (κ2) is 9.72. The lowest BCUT2D eigenvalue weighted by atomic mass is 9.80. The molecule has 174 valence electrons. The quantitative estimate of drug-likeness (QED) is 0.385. The highest BCUT2D eigenvalue weighted by atomic mass is 32.2. The van der Waals surface area contributed by atoms with Gasteiger partial charge in [0.15, 0.2) is 6.29 Å². The molecular formula is C25H26O7S. The summed E-state index contributed by atoms with van der Waals surface area (Å²) in [5.74, 6) is 0. The summed E-state index contributed by atoms with van der Waals surface area (Å²) in [5.41, 5.74) is 1.48. The molecule has 0 aromatic heterocycles. The van der Waals surface area contributed by atoms with Crippen molar-refractivity contribution in [3.8, 4) is 0 Å². The first-order chi connectivity index (χ1) is 15.8. The van der Waals surface area contributed by atoms with Crippen LogP contribution in [-0.4, -0.2) is 56.1 Å². The minimum absolute atomic E-state index is 0.160. The Bertz CT molecular complexity index is 1040. The van der Waals surface area contributed by atoms with Gasteiger partial charge in [0.1, 0.15) is 23.9 Å². The zero-order valence-electron chi connectivity index (χ0n) is 18.0. The van der Waals surface area contributed by atoms with Crippen LogP contribution in [0.25, 0.3) is 0 Å². The lowest BCUT2D eigenvalue weighted by molar-refractivity contribution is -0.145. The van der Waals surface area contributed by atoms with Crippen molar-refractivity contribution in [2.24, 2.45) is 0 Å². The Hall–Kier alpha value is -2.59. The van der Waals surface area contributed by atoms with E-state index in [0.29, 0.717) is 0 Å². The Labute approximate surface area is 193 Å². The molecule has 7 nitrogen and oxygen atoms in total. The van der Waals surface area contributed by atoms with Gasteiger partial charge < -0.3 is 19.7 Å². The van der Waals surface area contributed by atoms with E-state index >= 15 is 0 Å². The highest BCUT2D eigenvalue weighted by Gasteiger charge is 2.47. The van der Waals surface area contributed by atoms with E-state index in [4.69, 9.17) is 13.7 Å². The number of hydrogen-bond donors (Lipinski definition) is 2. The van der Waals surface area contributed by atoms with E-state index < -0.39 is 40.3 Å². The molecule has 1 saturated heterocycles. The van der Waals surface area contributed by atoms with Crippen LogP contribution in [0, 0.1) is 0 Å². The van der Waals surface area contributed by atoms with Crippen molar-refractivity contribution in [2.75, 3.05) is 12.9 Å². The van der Waals surface area contributed by atoms with Gasteiger partial charge in [-0.25, -0.2) is 0 Å². The number of ether oxygens (including phenoxy) is 2. The summed E-state index contributed by atoms with van der Waals surface area (Å²) in [6, 6.07) is 28.9. The molecule has 3 aromatic rings. The fourth-order valence-corrected chi connectivity index (χ4v) is 4.79. The van der Waals surface area contributed by atoms with Crippen LogP contribution in [0.3, 0.4) is 0 Å². The van der Waals surface area contributed by atoms with Crippen LogP contribution in [0.5, 0.6) is 0 Å². The molecule has 1 heterocycles. The maximum atomic E-state index is 11.7. The van der Waals surface area contributed by atoms with E-state index in [1.54, 1.807) is 0 Å². The summed E-state index contributed by atoms with van der Waals surface area (Å²) in [6.45, 7) is -0.160. The average molecular weight is 471 g/mol. The smallest absolute Gasteiger partial charge is 0.264 e. The van der Waals surface area contributed by atoms with Crippen LogP contribution in [-0.2, 0) is 29.4 Å². The molecule has 1 fully saturated rings. The maximum Gasteiger partial charge on any atom is 0.264 e. The van der Waals surface area contributed by atoms with Gasteiger partial charge >= 0.3 is 0 Å². The Morgan fingerprint density at radius 2 is 1.24 bits per heavy atom. The third kappa shape index (κ3) is 5.01. The molecule has 0 amide bonds. The van der Waals surface area contributed by atoms with Crippen molar-refractivity contribution in [3.05, 3.63) is 108 Å². The lowest BCUT2D eigenvalue weighted by Crippen LogP contribution is -2.41. The molecule has 2 N–H and O–H groups in total. The van der Waals surface area contributed by atoms with Crippen LogP contribution in [0.15, 0.2) is 91.0 Å². The second-order valence-electron chi connectivity index (χ2n) is 7.91. The SMILES string of the molecule is CS(=O)(=O)O[C@@H]1[C@@H](COC(c2ccccc2)(c2ccccc2)c2ccccc2)OC(O)[C@@H]1O. The molecule has 4 rings (SSSR count). The monoisotopic (exact) mass is 470 g/mol. The van der Waals surface area contributed by atoms with Crippen LogP contribution in [0.4, 0.5) is 0 Å². The topological polar surface area (TPSA) is 102 Å². The van der Waals surface area contributed by atoms with Gasteiger partial charge in [-0.2, -0.15) is 8.42 Å². The first-order valence-electron chi connectivity index (χ1n) is 10.5. The number of aliphatic hydroxyl groups is 2. The lowest BCUT2D eigenvalue weighted by Gasteiger charge is -2.37. The number of rotatable bonds is 8. The molecule has 1 aliphatic heterocycles. The van der Waals surface area contributed by atoms with Crippen molar-refractivity contribution in [2.45, 2.75) is 30.2 Å². The summed E-state index contributed by atoms with van der Waals surface area (Å²) in [6.07, 6.45) is -4.59. The summed E-state index contributed by atoms with van der Waals surface area (Å²) in [5, 5.41) is 20.3. The Kier molecular flexibility index (Phi) is 6.94. The molecule has 0 spiro atoms. The first kappa shape index (κ1) is 23.6.